The van der Waals surface area contributed by atoms with Gasteiger partial charge in [0.25, 0.3) is 0 Å². The predicted molar refractivity (Wildman–Crippen MR) is 41.7 cm³/mol. The summed E-state index contributed by atoms with van der Waals surface area (Å²) in [6.07, 6.45) is 4.90. The molecule has 0 aromatic heterocycles. The summed E-state index contributed by atoms with van der Waals surface area (Å²) in [7, 11) is 0. The van der Waals surface area contributed by atoms with Gasteiger partial charge in [0.1, 0.15) is 0 Å². The van der Waals surface area contributed by atoms with E-state index in [1.807, 2.05) is 0 Å². The van der Waals surface area contributed by atoms with Crippen LogP contribution in [0.5, 0.6) is 0 Å². The fourth-order valence-corrected chi connectivity index (χ4v) is 1.83. The molecule has 0 radical (unpaired) electrons. The van der Waals surface area contributed by atoms with Crippen molar-refractivity contribution in [2.45, 2.75) is 50.7 Å². The molecule has 0 amide bonds. The molecule has 0 aromatic rings. The van der Waals surface area contributed by atoms with E-state index in [0.717, 1.165) is 32.1 Å². The maximum absolute atomic E-state index is 9.83. The van der Waals surface area contributed by atoms with E-state index in [2.05, 4.69) is 6.92 Å². The van der Waals surface area contributed by atoms with Crippen molar-refractivity contribution in [1.82, 2.24) is 0 Å². The molecule has 0 aromatic carbocycles. The maximum Gasteiger partial charge on any atom is 0.0797 e. The van der Waals surface area contributed by atoms with Gasteiger partial charge in [0.2, 0.25) is 0 Å². The van der Waals surface area contributed by atoms with Crippen LogP contribution in [0.2, 0.25) is 0 Å². The summed E-state index contributed by atoms with van der Waals surface area (Å²) < 4.78 is 0. The summed E-state index contributed by atoms with van der Waals surface area (Å²) in [4.78, 5) is 0. The highest BCUT2D eigenvalue weighted by Gasteiger charge is 2.37. The zero-order valence-electron chi connectivity index (χ0n) is 6.64. The SMILES string of the molecule is CCC[C@@]1(O)CCC[C@H]1N. The zero-order valence-corrected chi connectivity index (χ0v) is 6.64. The quantitative estimate of drug-likeness (QED) is 0.606. The lowest BCUT2D eigenvalue weighted by atomic mass is 9.93. The van der Waals surface area contributed by atoms with Crippen molar-refractivity contribution < 1.29 is 5.11 Å². The summed E-state index contributed by atoms with van der Waals surface area (Å²) >= 11 is 0. The Hall–Kier alpha value is -0.0800. The fraction of sp³-hybridized carbons (Fsp3) is 1.00. The number of rotatable bonds is 2. The van der Waals surface area contributed by atoms with E-state index >= 15 is 0 Å². The second kappa shape index (κ2) is 2.89. The van der Waals surface area contributed by atoms with Crippen molar-refractivity contribution in [3.8, 4) is 0 Å². The van der Waals surface area contributed by atoms with E-state index in [-0.39, 0.29) is 6.04 Å². The molecule has 2 atom stereocenters. The minimum Gasteiger partial charge on any atom is -0.388 e. The van der Waals surface area contributed by atoms with Crippen molar-refractivity contribution in [2.24, 2.45) is 5.73 Å². The molecule has 10 heavy (non-hydrogen) atoms. The monoisotopic (exact) mass is 143 g/mol. The zero-order chi connectivity index (χ0) is 7.61. The molecule has 2 heteroatoms. The number of hydrogen-bond donors (Lipinski definition) is 2. The first-order valence-corrected chi connectivity index (χ1v) is 4.17. The van der Waals surface area contributed by atoms with E-state index in [4.69, 9.17) is 5.73 Å². The summed E-state index contributed by atoms with van der Waals surface area (Å²) in [5, 5.41) is 9.83. The van der Waals surface area contributed by atoms with Crippen molar-refractivity contribution in [3.63, 3.8) is 0 Å². The van der Waals surface area contributed by atoms with Gasteiger partial charge >= 0.3 is 0 Å². The summed E-state index contributed by atoms with van der Waals surface area (Å²) in [6, 6.07) is 0.0347. The average Bonchev–Trinajstić information content (AvgIpc) is 2.15. The van der Waals surface area contributed by atoms with Gasteiger partial charge in [-0.2, -0.15) is 0 Å². The fourth-order valence-electron chi connectivity index (χ4n) is 1.83. The van der Waals surface area contributed by atoms with Crippen LogP contribution in [0.3, 0.4) is 0 Å². The third kappa shape index (κ3) is 1.32. The molecule has 0 unspecified atom stereocenters. The van der Waals surface area contributed by atoms with Crippen LogP contribution < -0.4 is 5.73 Å². The second-order valence-corrected chi connectivity index (χ2v) is 3.35. The van der Waals surface area contributed by atoms with Gasteiger partial charge in [0.15, 0.2) is 0 Å². The summed E-state index contributed by atoms with van der Waals surface area (Å²) in [5.74, 6) is 0. The van der Waals surface area contributed by atoms with Gasteiger partial charge in [-0.3, -0.25) is 0 Å². The highest BCUT2D eigenvalue weighted by atomic mass is 16.3. The van der Waals surface area contributed by atoms with E-state index in [1.54, 1.807) is 0 Å². The van der Waals surface area contributed by atoms with Gasteiger partial charge in [-0.1, -0.05) is 13.3 Å². The molecule has 2 nitrogen and oxygen atoms in total. The minimum atomic E-state index is -0.519. The van der Waals surface area contributed by atoms with Crippen LogP contribution >= 0.6 is 0 Å². The highest BCUT2D eigenvalue weighted by Crippen LogP contribution is 2.32. The molecule has 0 aliphatic heterocycles. The van der Waals surface area contributed by atoms with Crippen molar-refractivity contribution in [2.75, 3.05) is 0 Å². The number of aliphatic hydroxyl groups is 1. The molecule has 3 N–H and O–H groups in total. The molecule has 1 fully saturated rings. The van der Waals surface area contributed by atoms with Crippen molar-refractivity contribution >= 4 is 0 Å². The van der Waals surface area contributed by atoms with Crippen LogP contribution in [0.25, 0.3) is 0 Å². The largest absolute Gasteiger partial charge is 0.388 e. The average molecular weight is 143 g/mol. The first-order chi connectivity index (χ1) is 4.69. The Balaban J connectivity index is 2.48. The van der Waals surface area contributed by atoms with Gasteiger partial charge in [-0.15, -0.1) is 0 Å². The van der Waals surface area contributed by atoms with E-state index in [1.165, 1.54) is 0 Å². The number of nitrogens with two attached hydrogens (primary N) is 1. The summed E-state index contributed by atoms with van der Waals surface area (Å²) in [5.41, 5.74) is 5.23. The van der Waals surface area contributed by atoms with E-state index in [9.17, 15) is 5.11 Å². The van der Waals surface area contributed by atoms with Crippen LogP contribution in [0.15, 0.2) is 0 Å². The first-order valence-electron chi connectivity index (χ1n) is 4.17. The van der Waals surface area contributed by atoms with E-state index in [0.29, 0.717) is 0 Å². The lowest BCUT2D eigenvalue weighted by Crippen LogP contribution is -2.43. The Kier molecular flexibility index (Phi) is 2.32. The van der Waals surface area contributed by atoms with Gasteiger partial charge in [-0.05, 0) is 25.7 Å². The molecule has 1 aliphatic rings. The maximum atomic E-state index is 9.83. The molecule has 1 saturated carbocycles. The highest BCUT2D eigenvalue weighted by molar-refractivity contribution is 4.94. The van der Waals surface area contributed by atoms with Crippen molar-refractivity contribution in [3.05, 3.63) is 0 Å². The molecule has 60 valence electrons. The lowest BCUT2D eigenvalue weighted by Gasteiger charge is -2.26. The van der Waals surface area contributed by atoms with Gasteiger partial charge in [-0.25, -0.2) is 0 Å². The first kappa shape index (κ1) is 8.02. The van der Waals surface area contributed by atoms with Crippen LogP contribution in [0, 0.1) is 0 Å². The Morgan fingerprint density at radius 1 is 1.70 bits per heavy atom. The molecular weight excluding hydrogens is 126 g/mol. The van der Waals surface area contributed by atoms with Crippen molar-refractivity contribution in [1.29, 1.82) is 0 Å². The lowest BCUT2D eigenvalue weighted by molar-refractivity contribution is 0.0228. The molecule has 0 heterocycles. The molecule has 0 bridgehead atoms. The van der Waals surface area contributed by atoms with Crippen LogP contribution in [0.1, 0.15) is 39.0 Å². The second-order valence-electron chi connectivity index (χ2n) is 3.35. The standard InChI is InChI=1S/C8H17NO/c1-2-5-8(10)6-3-4-7(8)9/h7,10H,2-6,9H2,1H3/t7-,8-/m1/s1. The van der Waals surface area contributed by atoms with Gasteiger partial charge < -0.3 is 10.8 Å². The Morgan fingerprint density at radius 2 is 2.40 bits per heavy atom. The van der Waals surface area contributed by atoms with Crippen LogP contribution in [-0.2, 0) is 0 Å². The molecule has 0 spiro atoms. The third-order valence-electron chi connectivity index (χ3n) is 2.50. The number of hydrogen-bond acceptors (Lipinski definition) is 2. The normalized spacial score (nSPS) is 40.5. The van der Waals surface area contributed by atoms with Crippen LogP contribution in [0.4, 0.5) is 0 Å². The van der Waals surface area contributed by atoms with Gasteiger partial charge in [0.05, 0.1) is 5.60 Å². The Morgan fingerprint density at radius 3 is 2.80 bits per heavy atom. The Bertz CT molecular complexity index is 116. The Labute approximate surface area is 62.4 Å². The smallest absolute Gasteiger partial charge is 0.0797 e. The minimum absolute atomic E-state index is 0.0347. The summed E-state index contributed by atoms with van der Waals surface area (Å²) in [6.45, 7) is 2.09. The molecule has 0 saturated heterocycles. The third-order valence-corrected chi connectivity index (χ3v) is 2.50. The van der Waals surface area contributed by atoms with Gasteiger partial charge in [0, 0.05) is 6.04 Å². The molecule has 1 aliphatic carbocycles. The molecule has 1 rings (SSSR count). The van der Waals surface area contributed by atoms with E-state index < -0.39 is 5.60 Å². The predicted octanol–water partition coefficient (Wildman–Crippen LogP) is 1.03. The topological polar surface area (TPSA) is 46.2 Å². The molecular formula is C8H17NO. The van der Waals surface area contributed by atoms with Crippen LogP contribution in [-0.4, -0.2) is 16.7 Å².